The molecule has 2 rings (SSSR count). The summed E-state index contributed by atoms with van der Waals surface area (Å²) in [6, 6.07) is 14.7. The summed E-state index contributed by atoms with van der Waals surface area (Å²) in [5.41, 5.74) is 2.80. The number of methoxy groups -OCH3 is 2. The van der Waals surface area contributed by atoms with Gasteiger partial charge in [-0.3, -0.25) is 0 Å². The van der Waals surface area contributed by atoms with Crippen molar-refractivity contribution < 1.29 is 14.3 Å². The zero-order chi connectivity index (χ0) is 15.2. The molecule has 2 aromatic carbocycles. The number of nitrogens with one attached hydrogen (secondary N) is 1. The van der Waals surface area contributed by atoms with Crippen molar-refractivity contribution in [3.05, 3.63) is 59.7 Å². The average Bonchev–Trinajstić information content (AvgIpc) is 2.53. The van der Waals surface area contributed by atoms with Crippen molar-refractivity contribution >= 4 is 11.7 Å². The topological polar surface area (TPSA) is 47.6 Å². The van der Waals surface area contributed by atoms with Crippen molar-refractivity contribution in [1.82, 2.24) is 0 Å². The van der Waals surface area contributed by atoms with Gasteiger partial charge in [0.2, 0.25) is 0 Å². The number of carbonyl (C=O) groups excluding carboxylic acids is 1. The van der Waals surface area contributed by atoms with E-state index < -0.39 is 6.04 Å². The highest BCUT2D eigenvalue weighted by atomic mass is 16.5. The second kappa shape index (κ2) is 6.79. The summed E-state index contributed by atoms with van der Waals surface area (Å²) in [5.74, 6) is 0.397. The third kappa shape index (κ3) is 3.75. The first kappa shape index (κ1) is 14.9. The fraction of sp³-hybridized carbons (Fsp3) is 0.235. The molecule has 0 bridgehead atoms. The third-order valence-electron chi connectivity index (χ3n) is 3.23. The molecule has 0 aliphatic heterocycles. The van der Waals surface area contributed by atoms with E-state index in [0.717, 1.165) is 22.6 Å². The lowest BCUT2D eigenvalue weighted by Gasteiger charge is -2.18. The van der Waals surface area contributed by atoms with Gasteiger partial charge < -0.3 is 14.8 Å². The Morgan fingerprint density at radius 2 is 1.81 bits per heavy atom. The lowest BCUT2D eigenvalue weighted by molar-refractivity contribution is -0.141. The predicted octanol–water partition coefficient (Wildman–Crippen LogP) is 3.33. The summed E-state index contributed by atoms with van der Waals surface area (Å²) in [6.45, 7) is 2.01. The Hall–Kier alpha value is -2.49. The number of aryl methyl sites for hydroxylation is 1. The van der Waals surface area contributed by atoms with Crippen LogP contribution in [0.1, 0.15) is 17.2 Å². The Labute approximate surface area is 124 Å². The molecule has 0 aliphatic rings. The number of carbonyl (C=O) groups is 1. The van der Waals surface area contributed by atoms with Crippen LogP contribution in [0.4, 0.5) is 5.69 Å². The van der Waals surface area contributed by atoms with Gasteiger partial charge in [0.05, 0.1) is 14.2 Å². The molecule has 0 aliphatic carbocycles. The number of hydrogen-bond acceptors (Lipinski definition) is 4. The van der Waals surface area contributed by atoms with Gasteiger partial charge in [-0.05, 0) is 24.6 Å². The number of ether oxygens (including phenoxy) is 2. The van der Waals surface area contributed by atoms with Crippen LogP contribution < -0.4 is 10.1 Å². The Morgan fingerprint density at radius 3 is 2.43 bits per heavy atom. The van der Waals surface area contributed by atoms with E-state index >= 15 is 0 Å². The molecule has 0 saturated carbocycles. The number of esters is 1. The summed E-state index contributed by atoms with van der Waals surface area (Å²) < 4.78 is 10.1. The van der Waals surface area contributed by atoms with E-state index in [4.69, 9.17) is 9.47 Å². The van der Waals surface area contributed by atoms with Crippen molar-refractivity contribution in [3.63, 3.8) is 0 Å². The smallest absolute Gasteiger partial charge is 0.332 e. The van der Waals surface area contributed by atoms with Crippen LogP contribution in [0, 0.1) is 6.92 Å². The molecular weight excluding hydrogens is 266 g/mol. The SMILES string of the molecule is COC(=O)C(Nc1cccc(OC)c1)c1ccc(C)cc1. The summed E-state index contributed by atoms with van der Waals surface area (Å²) in [6.07, 6.45) is 0. The fourth-order valence-electron chi connectivity index (χ4n) is 2.03. The highest BCUT2D eigenvalue weighted by molar-refractivity contribution is 5.81. The largest absolute Gasteiger partial charge is 0.497 e. The second-order valence-corrected chi connectivity index (χ2v) is 4.74. The van der Waals surface area contributed by atoms with Gasteiger partial charge in [-0.15, -0.1) is 0 Å². The lowest BCUT2D eigenvalue weighted by atomic mass is 10.0. The molecule has 1 N–H and O–H groups in total. The first-order valence-corrected chi connectivity index (χ1v) is 6.69. The Bertz CT molecular complexity index is 608. The maximum Gasteiger partial charge on any atom is 0.332 e. The van der Waals surface area contributed by atoms with Crippen LogP contribution in [0.3, 0.4) is 0 Å². The average molecular weight is 285 g/mol. The van der Waals surface area contributed by atoms with Crippen LogP contribution in [0.25, 0.3) is 0 Å². The third-order valence-corrected chi connectivity index (χ3v) is 3.23. The molecule has 4 heteroatoms. The van der Waals surface area contributed by atoms with E-state index in [1.807, 2.05) is 55.5 Å². The van der Waals surface area contributed by atoms with Gasteiger partial charge in [-0.2, -0.15) is 0 Å². The van der Waals surface area contributed by atoms with E-state index in [1.165, 1.54) is 7.11 Å². The molecule has 0 amide bonds. The Morgan fingerprint density at radius 1 is 1.10 bits per heavy atom. The van der Waals surface area contributed by atoms with Crippen LogP contribution in [0.5, 0.6) is 5.75 Å². The van der Waals surface area contributed by atoms with E-state index in [-0.39, 0.29) is 5.97 Å². The van der Waals surface area contributed by atoms with Gasteiger partial charge in [0, 0.05) is 11.8 Å². The molecule has 110 valence electrons. The minimum absolute atomic E-state index is 0.332. The van der Waals surface area contributed by atoms with Crippen molar-refractivity contribution in [1.29, 1.82) is 0 Å². The molecule has 4 nitrogen and oxygen atoms in total. The zero-order valence-electron chi connectivity index (χ0n) is 12.4. The molecule has 0 radical (unpaired) electrons. The van der Waals surface area contributed by atoms with Crippen molar-refractivity contribution in [3.8, 4) is 5.75 Å². The highest BCUT2D eigenvalue weighted by Crippen LogP contribution is 2.24. The summed E-state index contributed by atoms with van der Waals surface area (Å²) in [7, 11) is 2.99. The predicted molar refractivity (Wildman–Crippen MR) is 82.6 cm³/mol. The monoisotopic (exact) mass is 285 g/mol. The van der Waals surface area contributed by atoms with E-state index in [9.17, 15) is 4.79 Å². The van der Waals surface area contributed by atoms with Gasteiger partial charge in [-0.25, -0.2) is 4.79 Å². The van der Waals surface area contributed by atoms with Crippen molar-refractivity contribution in [2.45, 2.75) is 13.0 Å². The van der Waals surface area contributed by atoms with Gasteiger partial charge in [0.25, 0.3) is 0 Å². The van der Waals surface area contributed by atoms with Crippen LogP contribution in [0.2, 0.25) is 0 Å². The number of hydrogen-bond donors (Lipinski definition) is 1. The second-order valence-electron chi connectivity index (χ2n) is 4.74. The molecule has 0 saturated heterocycles. The zero-order valence-corrected chi connectivity index (χ0v) is 12.4. The quantitative estimate of drug-likeness (QED) is 0.856. The molecular formula is C17H19NO3. The van der Waals surface area contributed by atoms with Crippen LogP contribution in [0.15, 0.2) is 48.5 Å². The lowest BCUT2D eigenvalue weighted by Crippen LogP contribution is -2.22. The molecule has 0 spiro atoms. The maximum absolute atomic E-state index is 12.0. The summed E-state index contributed by atoms with van der Waals surface area (Å²) >= 11 is 0. The molecule has 1 atom stereocenters. The van der Waals surface area contributed by atoms with Crippen molar-refractivity contribution in [2.75, 3.05) is 19.5 Å². The molecule has 0 aromatic heterocycles. The van der Waals surface area contributed by atoms with Gasteiger partial charge in [0.15, 0.2) is 6.04 Å². The Balaban J connectivity index is 2.28. The minimum atomic E-state index is -0.553. The van der Waals surface area contributed by atoms with E-state index in [1.54, 1.807) is 7.11 Å². The minimum Gasteiger partial charge on any atom is -0.497 e. The van der Waals surface area contributed by atoms with Crippen molar-refractivity contribution in [2.24, 2.45) is 0 Å². The number of anilines is 1. The fourth-order valence-corrected chi connectivity index (χ4v) is 2.03. The summed E-state index contributed by atoms with van der Waals surface area (Å²) in [4.78, 5) is 12.0. The molecule has 2 aromatic rings. The number of benzene rings is 2. The first-order chi connectivity index (χ1) is 10.1. The highest BCUT2D eigenvalue weighted by Gasteiger charge is 2.21. The van der Waals surface area contributed by atoms with Crippen LogP contribution >= 0.6 is 0 Å². The molecule has 1 unspecified atom stereocenters. The summed E-state index contributed by atoms with van der Waals surface area (Å²) in [5, 5.41) is 3.19. The van der Waals surface area contributed by atoms with Gasteiger partial charge >= 0.3 is 5.97 Å². The maximum atomic E-state index is 12.0. The Kier molecular flexibility index (Phi) is 4.82. The van der Waals surface area contributed by atoms with Gasteiger partial charge in [-0.1, -0.05) is 35.9 Å². The molecule has 0 heterocycles. The van der Waals surface area contributed by atoms with Gasteiger partial charge in [0.1, 0.15) is 5.75 Å². The van der Waals surface area contributed by atoms with Crippen LogP contribution in [-0.4, -0.2) is 20.2 Å². The standard InChI is InChI=1S/C17H19NO3/c1-12-7-9-13(10-8-12)16(17(19)21-3)18-14-5-4-6-15(11-14)20-2/h4-11,16,18H,1-3H3. The van der Waals surface area contributed by atoms with E-state index in [0.29, 0.717) is 0 Å². The first-order valence-electron chi connectivity index (χ1n) is 6.69. The molecule has 21 heavy (non-hydrogen) atoms. The number of rotatable bonds is 5. The normalized spacial score (nSPS) is 11.6. The van der Waals surface area contributed by atoms with Crippen LogP contribution in [-0.2, 0) is 9.53 Å². The molecule has 0 fully saturated rings. The van der Waals surface area contributed by atoms with E-state index in [2.05, 4.69) is 5.32 Å².